The van der Waals surface area contributed by atoms with Gasteiger partial charge in [-0.3, -0.25) is 14.4 Å². The van der Waals surface area contributed by atoms with E-state index in [2.05, 4.69) is 16.0 Å². The van der Waals surface area contributed by atoms with Crippen LogP contribution in [0.5, 0.6) is 0 Å². The monoisotopic (exact) mass is 418 g/mol. The van der Waals surface area contributed by atoms with Crippen LogP contribution in [0.3, 0.4) is 0 Å². The van der Waals surface area contributed by atoms with Crippen LogP contribution in [0.25, 0.3) is 0 Å². The van der Waals surface area contributed by atoms with Crippen molar-refractivity contribution < 1.29 is 34.5 Å². The number of aliphatic carboxylic acids is 1. The summed E-state index contributed by atoms with van der Waals surface area (Å²) in [6, 6.07) is -4.99. The largest absolute Gasteiger partial charge is 0.480 e. The molecular formula is C18H34N4O7. The zero-order chi connectivity index (χ0) is 22.9. The molecule has 11 heteroatoms. The van der Waals surface area contributed by atoms with Crippen molar-refractivity contribution in [3.63, 3.8) is 0 Å². The molecule has 0 radical (unpaired) electrons. The lowest BCUT2D eigenvalue weighted by atomic mass is 9.99. The van der Waals surface area contributed by atoms with Crippen molar-refractivity contribution in [1.82, 2.24) is 16.0 Å². The number of carboxylic acids is 1. The molecule has 0 rings (SSSR count). The first-order valence-corrected chi connectivity index (χ1v) is 9.55. The Morgan fingerprint density at radius 3 is 1.79 bits per heavy atom. The number of carbonyl (C=O) groups excluding carboxylic acids is 3. The maximum absolute atomic E-state index is 12.4. The third kappa shape index (κ3) is 8.34. The minimum atomic E-state index is -1.49. The molecule has 0 saturated heterocycles. The molecule has 3 amide bonds. The third-order valence-electron chi connectivity index (χ3n) is 4.67. The summed E-state index contributed by atoms with van der Waals surface area (Å²) in [4.78, 5) is 48.2. The number of hydrogen-bond acceptors (Lipinski definition) is 7. The quantitative estimate of drug-likeness (QED) is 0.188. The van der Waals surface area contributed by atoms with E-state index in [0.29, 0.717) is 6.42 Å². The van der Waals surface area contributed by atoms with E-state index < -0.39 is 66.5 Å². The Morgan fingerprint density at radius 1 is 0.897 bits per heavy atom. The van der Waals surface area contributed by atoms with Gasteiger partial charge >= 0.3 is 5.97 Å². The smallest absolute Gasteiger partial charge is 0.326 e. The Bertz CT molecular complexity index is 583. The van der Waals surface area contributed by atoms with Crippen molar-refractivity contribution in [2.75, 3.05) is 6.61 Å². The van der Waals surface area contributed by atoms with E-state index in [0.717, 1.165) is 0 Å². The van der Waals surface area contributed by atoms with Crippen molar-refractivity contribution >= 4 is 23.7 Å². The molecule has 0 bridgehead atoms. The van der Waals surface area contributed by atoms with E-state index in [1.54, 1.807) is 20.8 Å². The van der Waals surface area contributed by atoms with Gasteiger partial charge in [0.25, 0.3) is 0 Å². The van der Waals surface area contributed by atoms with Gasteiger partial charge in [0, 0.05) is 0 Å². The summed E-state index contributed by atoms with van der Waals surface area (Å²) >= 11 is 0. The summed E-state index contributed by atoms with van der Waals surface area (Å²) < 4.78 is 0. The summed E-state index contributed by atoms with van der Waals surface area (Å²) in [5.41, 5.74) is 5.80. The fourth-order valence-corrected chi connectivity index (χ4v) is 2.39. The molecule has 0 aromatic rings. The molecule has 168 valence electrons. The number of amides is 3. The highest BCUT2D eigenvalue weighted by molar-refractivity contribution is 5.94. The van der Waals surface area contributed by atoms with Crippen LogP contribution in [-0.4, -0.2) is 75.9 Å². The second-order valence-electron chi connectivity index (χ2n) is 7.45. The van der Waals surface area contributed by atoms with Crippen LogP contribution in [0.1, 0.15) is 41.0 Å². The Balaban J connectivity index is 5.21. The highest BCUT2D eigenvalue weighted by Crippen LogP contribution is 2.06. The van der Waals surface area contributed by atoms with E-state index in [-0.39, 0.29) is 5.92 Å². The maximum Gasteiger partial charge on any atom is 0.326 e. The lowest BCUT2D eigenvalue weighted by molar-refractivity contribution is -0.144. The molecule has 0 aromatic heterocycles. The number of nitrogens with two attached hydrogens (primary N) is 1. The number of aliphatic hydroxyl groups is 2. The predicted molar refractivity (Wildman–Crippen MR) is 104 cm³/mol. The van der Waals surface area contributed by atoms with Crippen LogP contribution in [0.4, 0.5) is 0 Å². The number of carbonyl (C=O) groups is 4. The average molecular weight is 418 g/mol. The maximum atomic E-state index is 12.4. The zero-order valence-corrected chi connectivity index (χ0v) is 17.5. The molecule has 0 aliphatic heterocycles. The van der Waals surface area contributed by atoms with Crippen LogP contribution >= 0.6 is 0 Å². The van der Waals surface area contributed by atoms with Crippen LogP contribution in [0, 0.1) is 11.8 Å². The summed E-state index contributed by atoms with van der Waals surface area (Å²) in [5.74, 6) is -4.32. The van der Waals surface area contributed by atoms with Gasteiger partial charge in [-0.05, 0) is 18.8 Å². The third-order valence-corrected chi connectivity index (χ3v) is 4.67. The molecule has 0 spiro atoms. The van der Waals surface area contributed by atoms with Gasteiger partial charge in [-0.2, -0.15) is 0 Å². The van der Waals surface area contributed by atoms with Gasteiger partial charge in [0.1, 0.15) is 18.1 Å². The number of aliphatic hydroxyl groups excluding tert-OH is 2. The lowest BCUT2D eigenvalue weighted by Crippen LogP contribution is -2.61. The van der Waals surface area contributed by atoms with Crippen LogP contribution < -0.4 is 21.7 Å². The van der Waals surface area contributed by atoms with Crippen LogP contribution in [0.15, 0.2) is 0 Å². The number of carboxylic acid groups (broad SMARTS) is 1. The molecule has 6 unspecified atom stereocenters. The van der Waals surface area contributed by atoms with Gasteiger partial charge in [0.05, 0.1) is 18.8 Å². The molecule has 0 saturated carbocycles. The molecular weight excluding hydrogens is 384 g/mol. The van der Waals surface area contributed by atoms with Gasteiger partial charge in [0.2, 0.25) is 17.7 Å². The number of rotatable bonds is 12. The van der Waals surface area contributed by atoms with Crippen LogP contribution in [-0.2, 0) is 19.2 Å². The molecule has 0 aliphatic rings. The topological polar surface area (TPSA) is 191 Å². The van der Waals surface area contributed by atoms with Crippen molar-refractivity contribution in [1.29, 1.82) is 0 Å². The highest BCUT2D eigenvalue weighted by atomic mass is 16.4. The number of hydrogen-bond donors (Lipinski definition) is 7. The SMILES string of the molecule is CCC(C)C(N)C(=O)NC(CO)C(=O)NC(C(=O)NC(C(=O)O)C(C)C)C(C)O. The summed E-state index contributed by atoms with van der Waals surface area (Å²) in [5, 5.41) is 35.3. The van der Waals surface area contributed by atoms with E-state index in [1.807, 2.05) is 6.92 Å². The van der Waals surface area contributed by atoms with Crippen molar-refractivity contribution in [3.05, 3.63) is 0 Å². The first-order chi connectivity index (χ1) is 13.4. The van der Waals surface area contributed by atoms with Gasteiger partial charge in [-0.25, -0.2) is 4.79 Å². The second kappa shape index (κ2) is 12.3. The Kier molecular flexibility index (Phi) is 11.4. The fraction of sp³-hybridized carbons (Fsp3) is 0.778. The summed E-state index contributed by atoms with van der Waals surface area (Å²) in [6.45, 7) is 7.27. The minimum absolute atomic E-state index is 0.155. The summed E-state index contributed by atoms with van der Waals surface area (Å²) in [6.07, 6.45) is -0.729. The first-order valence-electron chi connectivity index (χ1n) is 9.55. The highest BCUT2D eigenvalue weighted by Gasteiger charge is 2.33. The molecule has 0 aliphatic carbocycles. The molecule has 11 nitrogen and oxygen atoms in total. The van der Waals surface area contributed by atoms with Crippen molar-refractivity contribution in [2.24, 2.45) is 17.6 Å². The Labute approximate surface area is 170 Å². The molecule has 0 heterocycles. The Morgan fingerprint density at radius 2 is 1.41 bits per heavy atom. The van der Waals surface area contributed by atoms with Crippen molar-refractivity contribution in [2.45, 2.75) is 71.3 Å². The van der Waals surface area contributed by atoms with E-state index in [4.69, 9.17) is 5.73 Å². The number of nitrogens with one attached hydrogen (secondary N) is 3. The Hall–Kier alpha value is -2.24. The zero-order valence-electron chi connectivity index (χ0n) is 17.5. The molecule has 8 N–H and O–H groups in total. The normalized spacial score (nSPS) is 17.4. The lowest BCUT2D eigenvalue weighted by Gasteiger charge is -2.27. The van der Waals surface area contributed by atoms with Gasteiger partial charge in [0.15, 0.2) is 0 Å². The average Bonchev–Trinajstić information content (AvgIpc) is 2.65. The van der Waals surface area contributed by atoms with E-state index in [9.17, 15) is 34.5 Å². The first kappa shape index (κ1) is 26.8. The van der Waals surface area contributed by atoms with Crippen molar-refractivity contribution in [3.8, 4) is 0 Å². The minimum Gasteiger partial charge on any atom is -0.480 e. The van der Waals surface area contributed by atoms with Crippen LogP contribution in [0.2, 0.25) is 0 Å². The van der Waals surface area contributed by atoms with E-state index in [1.165, 1.54) is 6.92 Å². The van der Waals surface area contributed by atoms with Gasteiger partial charge in [-0.15, -0.1) is 0 Å². The van der Waals surface area contributed by atoms with E-state index >= 15 is 0 Å². The molecule has 29 heavy (non-hydrogen) atoms. The van der Waals surface area contributed by atoms with Gasteiger partial charge < -0.3 is 37.0 Å². The molecule has 0 fully saturated rings. The molecule has 0 aromatic carbocycles. The molecule has 6 atom stereocenters. The van der Waals surface area contributed by atoms with Gasteiger partial charge in [-0.1, -0.05) is 34.1 Å². The fourth-order valence-electron chi connectivity index (χ4n) is 2.39. The predicted octanol–water partition coefficient (Wildman–Crippen LogP) is -2.07. The standard InChI is InChI=1S/C18H34N4O7/c1-6-9(4)12(19)16(26)20-11(7-23)15(25)22-14(10(5)24)17(27)21-13(8(2)3)18(28)29/h8-14,23-24H,6-7,19H2,1-5H3,(H,20,26)(H,21,27)(H,22,25)(H,28,29). The second-order valence-corrected chi connectivity index (χ2v) is 7.45. The summed E-state index contributed by atoms with van der Waals surface area (Å²) in [7, 11) is 0.